The number of rotatable bonds is 4. The Balaban J connectivity index is 0.872. The highest BCUT2D eigenvalue weighted by Gasteiger charge is 2.52. The van der Waals surface area contributed by atoms with Gasteiger partial charge >= 0.3 is 0 Å². The van der Waals surface area contributed by atoms with Crippen molar-refractivity contribution in [3.05, 3.63) is 259 Å². The van der Waals surface area contributed by atoms with Crippen LogP contribution in [-0.4, -0.2) is 23.7 Å². The summed E-state index contributed by atoms with van der Waals surface area (Å²) in [6.07, 6.45) is 3.94. The maximum atomic E-state index is 9.92. The number of hydrogen-bond acceptors (Lipinski definition) is 4. The Morgan fingerprint density at radius 3 is 1.53 bits per heavy atom. The van der Waals surface area contributed by atoms with Crippen LogP contribution in [0.25, 0.3) is 105 Å². The zero-order valence-electron chi connectivity index (χ0n) is 39.0. The van der Waals surface area contributed by atoms with Crippen LogP contribution in [-0.2, 0) is 5.41 Å². The molecule has 9 aromatic carbocycles. The standard InChI is InChI=1S/C66H38N6S/c67-38-40-23-30-60-50(34-40)48-14-3-9-21-59(48)72(60)45-29-32-63-54(37-45)66(52-16-5-10-22-62(52)73-63)53-17-11-33-68-64(53)65-55(66)36-42(39-69-65)41-24-31-61-51(35-41)49-15-4-8-20-58(49)71(61)44-27-25-43(26-28-44)70-56-18-6-1-12-46(56)47-13-2-7-19-57(47)70/h1-37,39H. The predicted molar refractivity (Wildman–Crippen MR) is 297 cm³/mol. The van der Waals surface area contributed by atoms with Gasteiger partial charge < -0.3 is 13.7 Å². The van der Waals surface area contributed by atoms with Crippen molar-refractivity contribution in [1.82, 2.24) is 23.7 Å². The highest BCUT2D eigenvalue weighted by molar-refractivity contribution is 7.99. The van der Waals surface area contributed by atoms with Gasteiger partial charge in [0.2, 0.25) is 0 Å². The lowest BCUT2D eigenvalue weighted by Gasteiger charge is -2.39. The second-order valence-corrected chi connectivity index (χ2v) is 20.3. The van der Waals surface area contributed by atoms with Gasteiger partial charge in [-0.15, -0.1) is 0 Å². The first-order valence-electron chi connectivity index (χ1n) is 24.6. The van der Waals surface area contributed by atoms with Crippen molar-refractivity contribution in [1.29, 1.82) is 5.26 Å². The molecule has 338 valence electrons. The van der Waals surface area contributed by atoms with Crippen LogP contribution in [0.1, 0.15) is 27.8 Å². The molecule has 0 N–H and O–H groups in total. The summed E-state index contributed by atoms with van der Waals surface area (Å²) in [6.45, 7) is 0. The Morgan fingerprint density at radius 2 is 0.877 bits per heavy atom. The van der Waals surface area contributed by atoms with Crippen molar-refractivity contribution < 1.29 is 0 Å². The quantitative estimate of drug-likeness (QED) is 0.176. The number of aromatic nitrogens is 5. The summed E-state index contributed by atoms with van der Waals surface area (Å²) in [5.41, 5.74) is 18.7. The Morgan fingerprint density at radius 1 is 0.370 bits per heavy atom. The smallest absolute Gasteiger partial charge is 0.0991 e. The van der Waals surface area contributed by atoms with Gasteiger partial charge in [0.1, 0.15) is 0 Å². The van der Waals surface area contributed by atoms with Gasteiger partial charge in [-0.2, -0.15) is 5.26 Å². The van der Waals surface area contributed by atoms with E-state index in [2.05, 4.69) is 226 Å². The maximum Gasteiger partial charge on any atom is 0.0991 e. The third-order valence-electron chi connectivity index (χ3n) is 15.6. The molecule has 5 aromatic heterocycles. The SMILES string of the molecule is N#Cc1ccc2c(c1)c1ccccc1n2-c1ccc2c(c1)C1(c3ccccc3S2)c2cccnc2-c2ncc(-c3ccc4c(c3)c3ccccc3n4-c3ccc(-n4c5ccccc5c5ccccc54)cc3)cc21. The lowest BCUT2D eigenvalue weighted by atomic mass is 9.67. The molecule has 0 fully saturated rings. The molecule has 0 saturated heterocycles. The van der Waals surface area contributed by atoms with E-state index in [1.165, 1.54) is 53.5 Å². The summed E-state index contributed by atoms with van der Waals surface area (Å²) in [4.78, 5) is 12.9. The summed E-state index contributed by atoms with van der Waals surface area (Å²) in [6, 6.07) is 81.4. The molecule has 0 amide bonds. The van der Waals surface area contributed by atoms with Crippen LogP contribution in [0.5, 0.6) is 0 Å². The van der Waals surface area contributed by atoms with Gasteiger partial charge in [-0.3, -0.25) is 9.97 Å². The molecule has 1 spiro atoms. The van der Waals surface area contributed by atoms with Gasteiger partial charge in [0.05, 0.1) is 61.5 Å². The van der Waals surface area contributed by atoms with E-state index in [1.807, 2.05) is 36.3 Å². The van der Waals surface area contributed by atoms with E-state index in [1.54, 1.807) is 0 Å². The summed E-state index contributed by atoms with van der Waals surface area (Å²) < 4.78 is 7.12. The number of hydrogen-bond donors (Lipinski definition) is 0. The van der Waals surface area contributed by atoms with Crippen LogP contribution >= 0.6 is 11.8 Å². The lowest BCUT2D eigenvalue weighted by molar-refractivity contribution is 0.718. The van der Waals surface area contributed by atoms with Crippen molar-refractivity contribution in [3.63, 3.8) is 0 Å². The van der Waals surface area contributed by atoms with E-state index >= 15 is 0 Å². The molecule has 1 aliphatic heterocycles. The third-order valence-corrected chi connectivity index (χ3v) is 16.8. The fraction of sp³-hybridized carbons (Fsp3) is 0.0152. The molecule has 0 bridgehead atoms. The van der Waals surface area contributed by atoms with Crippen molar-refractivity contribution in [2.24, 2.45) is 0 Å². The molecule has 1 unspecified atom stereocenters. The molecule has 2 aliphatic rings. The predicted octanol–water partition coefficient (Wildman–Crippen LogP) is 16.1. The van der Waals surface area contributed by atoms with Gasteiger partial charge in [-0.1, -0.05) is 115 Å². The molecule has 1 atom stereocenters. The minimum absolute atomic E-state index is 0.648. The number of nitriles is 1. The highest BCUT2D eigenvalue weighted by Crippen LogP contribution is 2.62. The van der Waals surface area contributed by atoms with Gasteiger partial charge in [0, 0.05) is 82.7 Å². The largest absolute Gasteiger partial charge is 0.309 e. The van der Waals surface area contributed by atoms with E-state index in [-0.39, 0.29) is 0 Å². The van der Waals surface area contributed by atoms with Gasteiger partial charge in [-0.05, 0) is 138 Å². The van der Waals surface area contributed by atoms with Crippen LogP contribution in [0, 0.1) is 11.3 Å². The first kappa shape index (κ1) is 40.3. The fourth-order valence-corrected chi connectivity index (χ4v) is 13.8. The van der Waals surface area contributed by atoms with Crippen molar-refractivity contribution in [2.45, 2.75) is 15.2 Å². The number of para-hydroxylation sites is 4. The summed E-state index contributed by atoms with van der Waals surface area (Å²) in [7, 11) is 0. The molecular formula is C66H38N6S. The van der Waals surface area contributed by atoms with E-state index in [4.69, 9.17) is 9.97 Å². The van der Waals surface area contributed by atoms with E-state index in [0.29, 0.717) is 5.56 Å². The molecule has 14 aromatic rings. The molecule has 6 nitrogen and oxygen atoms in total. The Bertz CT molecular complexity index is 4690. The number of benzene rings is 9. The fourth-order valence-electron chi connectivity index (χ4n) is 12.6. The zero-order chi connectivity index (χ0) is 47.9. The Labute approximate surface area is 423 Å². The Hall–Kier alpha value is -9.48. The van der Waals surface area contributed by atoms with E-state index in [0.717, 1.165) is 83.5 Å². The average molecular weight is 947 g/mol. The third kappa shape index (κ3) is 5.47. The minimum atomic E-state index is -0.715. The van der Waals surface area contributed by atoms with Gasteiger partial charge in [0.25, 0.3) is 0 Å². The molecule has 0 saturated carbocycles. The minimum Gasteiger partial charge on any atom is -0.309 e. The second kappa shape index (κ2) is 15.0. The zero-order valence-corrected chi connectivity index (χ0v) is 39.8. The molecular weight excluding hydrogens is 909 g/mol. The number of pyridine rings is 2. The van der Waals surface area contributed by atoms with E-state index in [9.17, 15) is 5.26 Å². The van der Waals surface area contributed by atoms with Crippen LogP contribution in [0.3, 0.4) is 0 Å². The normalized spacial score (nSPS) is 14.6. The number of fused-ring (bicyclic) bond motifs is 18. The lowest BCUT2D eigenvalue weighted by Crippen LogP contribution is -2.32. The van der Waals surface area contributed by atoms with Crippen molar-refractivity contribution >= 4 is 77.2 Å². The van der Waals surface area contributed by atoms with Crippen LogP contribution in [0.4, 0.5) is 0 Å². The molecule has 7 heteroatoms. The molecule has 0 radical (unpaired) electrons. The average Bonchev–Trinajstić information content (AvgIpc) is 4.19. The first-order chi connectivity index (χ1) is 36.2. The summed E-state index contributed by atoms with van der Waals surface area (Å²) in [5.74, 6) is 0. The molecule has 73 heavy (non-hydrogen) atoms. The van der Waals surface area contributed by atoms with Gasteiger partial charge in [-0.25, -0.2) is 0 Å². The highest BCUT2D eigenvalue weighted by atomic mass is 32.2. The summed E-state index contributed by atoms with van der Waals surface area (Å²) >= 11 is 1.83. The van der Waals surface area contributed by atoms with Crippen molar-refractivity contribution in [2.75, 3.05) is 0 Å². The van der Waals surface area contributed by atoms with E-state index < -0.39 is 5.41 Å². The monoisotopic (exact) mass is 946 g/mol. The number of nitrogens with zero attached hydrogens (tertiary/aromatic N) is 6. The molecule has 1 aliphatic carbocycles. The Kier molecular flexibility index (Phi) is 8.28. The van der Waals surface area contributed by atoms with Crippen molar-refractivity contribution in [3.8, 4) is 45.6 Å². The van der Waals surface area contributed by atoms with Crippen LogP contribution in [0.15, 0.2) is 241 Å². The van der Waals surface area contributed by atoms with Gasteiger partial charge in [0.15, 0.2) is 0 Å². The van der Waals surface area contributed by atoms with Crippen LogP contribution in [0.2, 0.25) is 0 Å². The van der Waals surface area contributed by atoms with Crippen LogP contribution < -0.4 is 0 Å². The molecule has 6 heterocycles. The molecule has 16 rings (SSSR count). The first-order valence-corrected chi connectivity index (χ1v) is 25.4. The second-order valence-electron chi connectivity index (χ2n) is 19.2. The summed E-state index contributed by atoms with van der Waals surface area (Å²) in [5, 5.41) is 17.0. The topological polar surface area (TPSA) is 64.4 Å². The maximum absolute atomic E-state index is 9.92.